The molecule has 0 radical (unpaired) electrons. The molecule has 4 nitrogen and oxygen atoms in total. The van der Waals surface area contributed by atoms with Gasteiger partial charge >= 0.3 is 0 Å². The Kier molecular flexibility index (Phi) is 4.77. The number of nitrogens with zero attached hydrogens (tertiary/aromatic N) is 1. The summed E-state index contributed by atoms with van der Waals surface area (Å²) >= 11 is 0. The SMILES string of the molecule is CC(N)c1ccc(S(=O)(=O)N(C)Cc2ccccc2)cc1. The molecule has 2 rings (SSSR count). The van der Waals surface area contributed by atoms with Crippen LogP contribution >= 0.6 is 0 Å². The van der Waals surface area contributed by atoms with E-state index in [2.05, 4.69) is 0 Å². The maximum absolute atomic E-state index is 12.5. The van der Waals surface area contributed by atoms with Crippen LogP contribution in [-0.2, 0) is 16.6 Å². The van der Waals surface area contributed by atoms with Crippen molar-refractivity contribution in [2.45, 2.75) is 24.4 Å². The van der Waals surface area contributed by atoms with Crippen molar-refractivity contribution in [2.24, 2.45) is 5.73 Å². The number of hydrogen-bond donors (Lipinski definition) is 1. The molecule has 0 aliphatic carbocycles. The van der Waals surface area contributed by atoms with Crippen molar-refractivity contribution < 1.29 is 8.42 Å². The standard InChI is InChI=1S/C16H20N2O2S/c1-13(17)15-8-10-16(11-9-15)21(19,20)18(2)12-14-6-4-3-5-7-14/h3-11,13H,12,17H2,1-2H3. The molecule has 0 amide bonds. The molecule has 0 saturated heterocycles. The molecular formula is C16H20N2O2S. The van der Waals surface area contributed by atoms with Crippen LogP contribution in [0, 0.1) is 0 Å². The van der Waals surface area contributed by atoms with Gasteiger partial charge in [-0.1, -0.05) is 42.5 Å². The first kappa shape index (κ1) is 15.7. The smallest absolute Gasteiger partial charge is 0.243 e. The molecular weight excluding hydrogens is 284 g/mol. The van der Waals surface area contributed by atoms with Crippen LogP contribution in [0.15, 0.2) is 59.5 Å². The number of nitrogens with two attached hydrogens (primary N) is 1. The van der Waals surface area contributed by atoms with Gasteiger partial charge in [-0.15, -0.1) is 0 Å². The van der Waals surface area contributed by atoms with Crippen LogP contribution in [0.2, 0.25) is 0 Å². The molecule has 0 heterocycles. The van der Waals surface area contributed by atoms with Crippen molar-refractivity contribution in [3.8, 4) is 0 Å². The Morgan fingerprint density at radius 1 is 1.05 bits per heavy atom. The van der Waals surface area contributed by atoms with Crippen molar-refractivity contribution in [2.75, 3.05) is 7.05 Å². The monoisotopic (exact) mass is 304 g/mol. The van der Waals surface area contributed by atoms with E-state index >= 15 is 0 Å². The molecule has 112 valence electrons. The summed E-state index contributed by atoms with van der Waals surface area (Å²) < 4.78 is 26.4. The van der Waals surface area contributed by atoms with Crippen LogP contribution in [0.5, 0.6) is 0 Å². The molecule has 0 spiro atoms. The van der Waals surface area contributed by atoms with E-state index in [4.69, 9.17) is 5.73 Å². The molecule has 0 fully saturated rings. The van der Waals surface area contributed by atoms with Gasteiger partial charge in [-0.2, -0.15) is 4.31 Å². The third-order valence-electron chi connectivity index (χ3n) is 3.36. The lowest BCUT2D eigenvalue weighted by atomic mass is 10.1. The molecule has 2 aromatic carbocycles. The summed E-state index contributed by atoms with van der Waals surface area (Å²) in [6.45, 7) is 2.21. The Bertz CT molecular complexity index is 680. The zero-order valence-electron chi connectivity index (χ0n) is 12.2. The molecule has 0 aliphatic rings. The van der Waals surface area contributed by atoms with Gasteiger partial charge in [0.2, 0.25) is 10.0 Å². The highest BCUT2D eigenvalue weighted by molar-refractivity contribution is 7.89. The quantitative estimate of drug-likeness (QED) is 0.923. The summed E-state index contributed by atoms with van der Waals surface area (Å²) in [6, 6.07) is 16.1. The van der Waals surface area contributed by atoms with E-state index in [9.17, 15) is 8.42 Å². The van der Waals surface area contributed by atoms with Crippen LogP contribution in [0.4, 0.5) is 0 Å². The van der Waals surface area contributed by atoms with Gasteiger partial charge in [0.05, 0.1) is 4.90 Å². The molecule has 0 aromatic heterocycles. The molecule has 1 unspecified atom stereocenters. The molecule has 2 N–H and O–H groups in total. The van der Waals surface area contributed by atoms with Crippen LogP contribution in [0.1, 0.15) is 24.1 Å². The summed E-state index contributed by atoms with van der Waals surface area (Å²) in [5, 5.41) is 0. The molecule has 0 aliphatic heterocycles. The minimum atomic E-state index is -3.49. The number of hydrogen-bond acceptors (Lipinski definition) is 3. The molecule has 1 atom stereocenters. The third kappa shape index (κ3) is 3.69. The molecule has 0 bridgehead atoms. The van der Waals surface area contributed by atoms with Gasteiger partial charge in [0.1, 0.15) is 0 Å². The second-order valence-corrected chi connectivity index (χ2v) is 7.15. The van der Waals surface area contributed by atoms with Gasteiger partial charge in [-0.3, -0.25) is 0 Å². The Morgan fingerprint density at radius 2 is 1.62 bits per heavy atom. The lowest BCUT2D eigenvalue weighted by Gasteiger charge is -2.17. The maximum Gasteiger partial charge on any atom is 0.243 e. The van der Waals surface area contributed by atoms with E-state index in [1.54, 1.807) is 31.3 Å². The van der Waals surface area contributed by atoms with Crippen molar-refractivity contribution >= 4 is 10.0 Å². The van der Waals surface area contributed by atoms with E-state index in [0.717, 1.165) is 11.1 Å². The first-order chi connectivity index (χ1) is 9.91. The molecule has 5 heteroatoms. The maximum atomic E-state index is 12.5. The van der Waals surface area contributed by atoms with Gasteiger partial charge < -0.3 is 5.73 Å². The topological polar surface area (TPSA) is 63.4 Å². The fourth-order valence-electron chi connectivity index (χ4n) is 2.05. The van der Waals surface area contributed by atoms with Gasteiger partial charge in [0.25, 0.3) is 0 Å². The summed E-state index contributed by atoms with van der Waals surface area (Å²) in [4.78, 5) is 0.283. The van der Waals surface area contributed by atoms with Crippen molar-refractivity contribution in [3.63, 3.8) is 0 Å². The molecule has 0 saturated carbocycles. The highest BCUT2D eigenvalue weighted by Crippen LogP contribution is 2.19. The predicted octanol–water partition coefficient (Wildman–Crippen LogP) is 2.53. The van der Waals surface area contributed by atoms with Gasteiger partial charge in [-0.05, 0) is 30.2 Å². The van der Waals surface area contributed by atoms with Crippen molar-refractivity contribution in [1.29, 1.82) is 0 Å². The fourth-order valence-corrected chi connectivity index (χ4v) is 3.21. The van der Waals surface area contributed by atoms with Crippen molar-refractivity contribution in [3.05, 3.63) is 65.7 Å². The summed E-state index contributed by atoms with van der Waals surface area (Å²) in [6.07, 6.45) is 0. The predicted molar refractivity (Wildman–Crippen MR) is 84.1 cm³/mol. The van der Waals surface area contributed by atoms with E-state index in [1.165, 1.54) is 4.31 Å². The van der Waals surface area contributed by atoms with Crippen LogP contribution in [-0.4, -0.2) is 19.8 Å². The Balaban J connectivity index is 2.20. The zero-order valence-corrected chi connectivity index (χ0v) is 13.0. The molecule has 21 heavy (non-hydrogen) atoms. The van der Waals surface area contributed by atoms with Crippen LogP contribution in [0.25, 0.3) is 0 Å². The summed E-state index contributed by atoms with van der Waals surface area (Å²) in [5.74, 6) is 0. The Labute approximate surface area is 126 Å². The van der Waals surface area contributed by atoms with Crippen LogP contribution in [0.3, 0.4) is 0 Å². The first-order valence-corrected chi connectivity index (χ1v) is 8.21. The number of sulfonamides is 1. The largest absolute Gasteiger partial charge is 0.324 e. The second kappa shape index (κ2) is 6.39. The number of benzene rings is 2. The van der Waals surface area contributed by atoms with Gasteiger partial charge in [0, 0.05) is 19.6 Å². The first-order valence-electron chi connectivity index (χ1n) is 6.77. The minimum Gasteiger partial charge on any atom is -0.324 e. The van der Waals surface area contributed by atoms with Gasteiger partial charge in [0.15, 0.2) is 0 Å². The van der Waals surface area contributed by atoms with E-state index < -0.39 is 10.0 Å². The van der Waals surface area contributed by atoms with E-state index in [1.807, 2.05) is 37.3 Å². The van der Waals surface area contributed by atoms with Crippen molar-refractivity contribution in [1.82, 2.24) is 4.31 Å². The van der Waals surface area contributed by atoms with Gasteiger partial charge in [-0.25, -0.2) is 8.42 Å². The molecule has 2 aromatic rings. The lowest BCUT2D eigenvalue weighted by Crippen LogP contribution is -2.26. The average Bonchev–Trinajstić information content (AvgIpc) is 2.48. The zero-order chi connectivity index (χ0) is 15.5. The Hall–Kier alpha value is -1.69. The fraction of sp³-hybridized carbons (Fsp3) is 0.250. The van der Waals surface area contributed by atoms with Crippen LogP contribution < -0.4 is 5.73 Å². The third-order valence-corrected chi connectivity index (χ3v) is 5.18. The summed E-state index contributed by atoms with van der Waals surface area (Å²) in [7, 11) is -1.90. The minimum absolute atomic E-state index is 0.108. The lowest BCUT2D eigenvalue weighted by molar-refractivity contribution is 0.466. The van der Waals surface area contributed by atoms with E-state index in [0.29, 0.717) is 6.54 Å². The number of rotatable bonds is 5. The highest BCUT2D eigenvalue weighted by atomic mass is 32.2. The average molecular weight is 304 g/mol. The Morgan fingerprint density at radius 3 is 2.14 bits per heavy atom. The van der Waals surface area contributed by atoms with E-state index in [-0.39, 0.29) is 10.9 Å². The second-order valence-electron chi connectivity index (χ2n) is 5.10. The highest BCUT2D eigenvalue weighted by Gasteiger charge is 2.20. The summed E-state index contributed by atoms with van der Waals surface area (Å²) in [5.41, 5.74) is 7.65. The normalized spacial score (nSPS) is 13.3.